The van der Waals surface area contributed by atoms with Gasteiger partial charge in [0.05, 0.1) is 0 Å². The summed E-state index contributed by atoms with van der Waals surface area (Å²) in [6.45, 7) is -0.0412. The number of hydrogen-bond acceptors (Lipinski definition) is 3. The molecule has 122 valence electrons. The number of ether oxygens (including phenoxy) is 1. The van der Waals surface area contributed by atoms with Gasteiger partial charge in [0.15, 0.2) is 5.92 Å². The van der Waals surface area contributed by atoms with E-state index in [4.69, 9.17) is 9.84 Å². The van der Waals surface area contributed by atoms with Gasteiger partial charge in [-0.3, -0.25) is 4.79 Å². The van der Waals surface area contributed by atoms with E-state index in [-0.39, 0.29) is 19.6 Å². The summed E-state index contributed by atoms with van der Waals surface area (Å²) in [5, 5.41) is 10.8. The van der Waals surface area contributed by atoms with Crippen molar-refractivity contribution in [2.24, 2.45) is 5.92 Å². The van der Waals surface area contributed by atoms with E-state index in [1.54, 1.807) is 24.3 Å². The number of aliphatic carboxylic acids is 1. The highest BCUT2D eigenvalue weighted by atomic mass is 19.4. The third-order valence-corrected chi connectivity index (χ3v) is 2.84. The summed E-state index contributed by atoms with van der Waals surface area (Å²) >= 11 is 0. The predicted octanol–water partition coefficient (Wildman–Crippen LogP) is 2.96. The van der Waals surface area contributed by atoms with E-state index in [0.717, 1.165) is 5.56 Å². The highest BCUT2D eigenvalue weighted by Gasteiger charge is 2.44. The van der Waals surface area contributed by atoms with Crippen molar-refractivity contribution in [1.29, 1.82) is 0 Å². The van der Waals surface area contributed by atoms with E-state index >= 15 is 0 Å². The molecule has 0 spiro atoms. The number of carboxylic acids is 1. The van der Waals surface area contributed by atoms with Crippen molar-refractivity contribution in [1.82, 2.24) is 5.32 Å². The molecule has 8 heteroatoms. The third-order valence-electron chi connectivity index (χ3n) is 2.84. The number of alkyl halides is 3. The summed E-state index contributed by atoms with van der Waals surface area (Å²) in [6.07, 6.45) is -6.27. The second-order valence-electron chi connectivity index (χ2n) is 4.56. The fourth-order valence-electron chi connectivity index (χ4n) is 1.70. The molecule has 0 aliphatic heterocycles. The Labute approximate surface area is 125 Å². The van der Waals surface area contributed by atoms with Crippen LogP contribution in [0.2, 0.25) is 0 Å². The van der Waals surface area contributed by atoms with Gasteiger partial charge in [0, 0.05) is 6.54 Å². The molecule has 1 aromatic carbocycles. The summed E-state index contributed by atoms with van der Waals surface area (Å²) in [5.41, 5.74) is 0.778. The Morgan fingerprint density at radius 3 is 2.41 bits per heavy atom. The minimum absolute atomic E-state index is 0.0486. The number of carbonyl (C=O) groups is 2. The van der Waals surface area contributed by atoms with Gasteiger partial charge in [-0.25, -0.2) is 4.79 Å². The van der Waals surface area contributed by atoms with E-state index in [1.807, 2.05) is 6.07 Å². The number of benzene rings is 1. The SMILES string of the molecule is O=C(NCCC[C@@H](C(=O)O)C(F)(F)F)OCc1ccccc1. The Hall–Kier alpha value is -2.25. The van der Waals surface area contributed by atoms with Crippen molar-refractivity contribution in [2.75, 3.05) is 6.54 Å². The van der Waals surface area contributed by atoms with Gasteiger partial charge >= 0.3 is 18.2 Å². The van der Waals surface area contributed by atoms with Crippen LogP contribution in [0.1, 0.15) is 18.4 Å². The lowest BCUT2D eigenvalue weighted by molar-refractivity contribution is -0.194. The minimum atomic E-state index is -4.79. The summed E-state index contributed by atoms with van der Waals surface area (Å²) in [6, 6.07) is 8.88. The van der Waals surface area contributed by atoms with Crippen molar-refractivity contribution in [3.63, 3.8) is 0 Å². The van der Waals surface area contributed by atoms with Crippen LogP contribution in [-0.4, -0.2) is 29.9 Å². The molecule has 1 aromatic rings. The standard InChI is InChI=1S/C14H16F3NO4/c15-14(16,17)11(12(19)20)7-4-8-18-13(21)22-9-10-5-2-1-3-6-10/h1-3,5-6,11H,4,7-9H2,(H,18,21)(H,19,20)/t11-/m0/s1. The largest absolute Gasteiger partial charge is 0.481 e. The van der Waals surface area contributed by atoms with Crippen LogP contribution >= 0.6 is 0 Å². The second-order valence-corrected chi connectivity index (χ2v) is 4.56. The summed E-state index contributed by atoms with van der Waals surface area (Å²) < 4.78 is 42.0. The summed E-state index contributed by atoms with van der Waals surface area (Å²) in [4.78, 5) is 21.8. The van der Waals surface area contributed by atoms with E-state index in [0.29, 0.717) is 0 Å². The lowest BCUT2D eigenvalue weighted by Gasteiger charge is -2.15. The molecule has 0 unspecified atom stereocenters. The van der Waals surface area contributed by atoms with Crippen molar-refractivity contribution >= 4 is 12.1 Å². The molecule has 1 amide bonds. The number of alkyl carbamates (subject to hydrolysis) is 1. The maximum absolute atomic E-state index is 12.4. The zero-order valence-electron chi connectivity index (χ0n) is 11.6. The van der Waals surface area contributed by atoms with E-state index in [1.165, 1.54) is 0 Å². The average molecular weight is 319 g/mol. The van der Waals surface area contributed by atoms with Crippen LogP contribution in [0.15, 0.2) is 30.3 Å². The Balaban J connectivity index is 2.23. The molecule has 0 heterocycles. The van der Waals surface area contributed by atoms with Gasteiger partial charge in [0.25, 0.3) is 0 Å². The van der Waals surface area contributed by atoms with Gasteiger partial charge in [-0.1, -0.05) is 30.3 Å². The fourth-order valence-corrected chi connectivity index (χ4v) is 1.70. The van der Waals surface area contributed by atoms with Gasteiger partial charge in [-0.15, -0.1) is 0 Å². The highest BCUT2D eigenvalue weighted by molar-refractivity contribution is 5.71. The van der Waals surface area contributed by atoms with Gasteiger partial charge in [-0.2, -0.15) is 13.2 Å². The molecular weight excluding hydrogens is 303 g/mol. The van der Waals surface area contributed by atoms with Crippen LogP contribution in [0.3, 0.4) is 0 Å². The molecule has 0 aliphatic carbocycles. The maximum atomic E-state index is 12.4. The van der Waals surface area contributed by atoms with Gasteiger partial charge in [-0.05, 0) is 18.4 Å². The van der Waals surface area contributed by atoms with Crippen molar-refractivity contribution in [3.8, 4) is 0 Å². The minimum Gasteiger partial charge on any atom is -0.481 e. The highest BCUT2D eigenvalue weighted by Crippen LogP contribution is 2.29. The van der Waals surface area contributed by atoms with Gasteiger partial charge in [0.1, 0.15) is 6.61 Å². The predicted molar refractivity (Wildman–Crippen MR) is 71.0 cm³/mol. The number of nitrogens with one attached hydrogen (secondary N) is 1. The first-order valence-corrected chi connectivity index (χ1v) is 6.54. The quantitative estimate of drug-likeness (QED) is 0.758. The van der Waals surface area contributed by atoms with Crippen LogP contribution in [0.4, 0.5) is 18.0 Å². The third kappa shape index (κ3) is 6.47. The lowest BCUT2D eigenvalue weighted by Crippen LogP contribution is -2.32. The van der Waals surface area contributed by atoms with Gasteiger partial charge in [0.2, 0.25) is 0 Å². The maximum Gasteiger partial charge on any atom is 0.407 e. The van der Waals surface area contributed by atoms with Crippen molar-refractivity contribution in [3.05, 3.63) is 35.9 Å². The zero-order valence-corrected chi connectivity index (χ0v) is 11.6. The molecule has 0 fully saturated rings. The molecule has 5 nitrogen and oxygen atoms in total. The number of amides is 1. The van der Waals surface area contributed by atoms with E-state index in [9.17, 15) is 22.8 Å². The molecule has 0 bridgehead atoms. The smallest absolute Gasteiger partial charge is 0.407 e. The average Bonchev–Trinajstić information content (AvgIpc) is 2.44. The van der Waals surface area contributed by atoms with E-state index < -0.39 is 30.6 Å². The molecule has 22 heavy (non-hydrogen) atoms. The van der Waals surface area contributed by atoms with Crippen LogP contribution in [0, 0.1) is 5.92 Å². The number of carbonyl (C=O) groups excluding carboxylic acids is 1. The molecule has 0 radical (unpaired) electrons. The molecule has 1 rings (SSSR count). The molecule has 0 aromatic heterocycles. The number of rotatable bonds is 7. The number of carboxylic acid groups (broad SMARTS) is 1. The van der Waals surface area contributed by atoms with Crippen LogP contribution in [0.25, 0.3) is 0 Å². The summed E-state index contributed by atoms with van der Waals surface area (Å²) in [7, 11) is 0. The number of hydrogen-bond donors (Lipinski definition) is 2. The Morgan fingerprint density at radius 2 is 1.86 bits per heavy atom. The Bertz CT molecular complexity index is 491. The normalized spacial score (nSPS) is 12.5. The molecule has 0 aliphatic rings. The van der Waals surface area contributed by atoms with Crippen LogP contribution in [-0.2, 0) is 16.1 Å². The van der Waals surface area contributed by atoms with Crippen LogP contribution < -0.4 is 5.32 Å². The molecular formula is C14H16F3NO4. The molecule has 0 saturated heterocycles. The number of halogens is 3. The zero-order chi connectivity index (χ0) is 16.6. The molecule has 2 N–H and O–H groups in total. The fraction of sp³-hybridized carbons (Fsp3) is 0.429. The lowest BCUT2D eigenvalue weighted by atomic mass is 10.0. The van der Waals surface area contributed by atoms with E-state index in [2.05, 4.69) is 5.32 Å². The van der Waals surface area contributed by atoms with Crippen molar-refractivity contribution < 1.29 is 32.6 Å². The van der Waals surface area contributed by atoms with Crippen molar-refractivity contribution in [2.45, 2.75) is 25.6 Å². The first-order valence-electron chi connectivity index (χ1n) is 6.54. The topological polar surface area (TPSA) is 75.6 Å². The Morgan fingerprint density at radius 1 is 1.23 bits per heavy atom. The van der Waals surface area contributed by atoms with Gasteiger partial charge < -0.3 is 15.2 Å². The molecule has 0 saturated carbocycles. The molecule has 1 atom stereocenters. The summed E-state index contributed by atoms with van der Waals surface area (Å²) in [5.74, 6) is -4.34. The Kier molecular flexibility index (Phi) is 6.68. The first-order chi connectivity index (χ1) is 10.3. The van der Waals surface area contributed by atoms with Crippen LogP contribution in [0.5, 0.6) is 0 Å². The first kappa shape index (κ1) is 17.8. The second kappa shape index (κ2) is 8.26. The monoisotopic (exact) mass is 319 g/mol.